The van der Waals surface area contributed by atoms with Crippen LogP contribution in [-0.4, -0.2) is 60.7 Å². The summed E-state index contributed by atoms with van der Waals surface area (Å²) < 4.78 is 7.58. The third-order valence-corrected chi connectivity index (χ3v) is 5.46. The second-order valence-corrected chi connectivity index (χ2v) is 7.40. The van der Waals surface area contributed by atoms with Gasteiger partial charge in [0.25, 0.3) is 0 Å². The first-order chi connectivity index (χ1) is 13.8. The van der Waals surface area contributed by atoms with Crippen LogP contribution in [-0.2, 0) is 4.79 Å². The molecule has 3 aromatic rings. The predicted octanol–water partition coefficient (Wildman–Crippen LogP) is 2.22. The lowest BCUT2D eigenvalue weighted by Gasteiger charge is -2.31. The van der Waals surface area contributed by atoms with Crippen LogP contribution in [0.5, 0.6) is 5.88 Å². The number of likely N-dealkylation sites (tertiary alicyclic amines) is 1. The number of ether oxygens (including phenoxy) is 1. The van der Waals surface area contributed by atoms with Crippen molar-refractivity contribution in [1.29, 1.82) is 0 Å². The summed E-state index contributed by atoms with van der Waals surface area (Å²) in [7, 11) is 0. The van der Waals surface area contributed by atoms with E-state index in [2.05, 4.69) is 20.3 Å². The zero-order valence-corrected chi connectivity index (χ0v) is 16.0. The van der Waals surface area contributed by atoms with Gasteiger partial charge in [0.1, 0.15) is 6.10 Å². The average Bonchev–Trinajstić information content (AvgIpc) is 3.29. The van der Waals surface area contributed by atoms with Crippen LogP contribution in [0.25, 0.3) is 5.82 Å². The topological polar surface area (TPSA) is 86.0 Å². The summed E-state index contributed by atoms with van der Waals surface area (Å²) in [6, 6.07) is 9.28. The van der Waals surface area contributed by atoms with Crippen molar-refractivity contribution in [2.45, 2.75) is 23.8 Å². The van der Waals surface area contributed by atoms with Gasteiger partial charge in [0.2, 0.25) is 11.8 Å². The SMILES string of the molecule is O=C(CSc1ccncc1)N1CCC(Oc2ccc(-n3cccn3)nn2)CC1. The molecule has 0 atom stereocenters. The van der Waals surface area contributed by atoms with E-state index in [4.69, 9.17) is 4.74 Å². The molecule has 0 aliphatic carbocycles. The molecule has 28 heavy (non-hydrogen) atoms. The summed E-state index contributed by atoms with van der Waals surface area (Å²) in [6.07, 6.45) is 8.59. The fourth-order valence-corrected chi connectivity index (χ4v) is 3.75. The van der Waals surface area contributed by atoms with Gasteiger partial charge >= 0.3 is 0 Å². The summed E-state index contributed by atoms with van der Waals surface area (Å²) in [5.74, 6) is 1.73. The third kappa shape index (κ3) is 4.66. The Labute approximate surface area is 166 Å². The molecule has 9 heteroatoms. The van der Waals surface area contributed by atoms with Gasteiger partial charge in [-0.2, -0.15) is 5.10 Å². The molecule has 0 aromatic carbocycles. The van der Waals surface area contributed by atoms with E-state index in [1.165, 1.54) is 11.8 Å². The quantitative estimate of drug-likeness (QED) is 0.591. The van der Waals surface area contributed by atoms with Crippen molar-refractivity contribution < 1.29 is 9.53 Å². The van der Waals surface area contributed by atoms with Crippen LogP contribution in [0, 0.1) is 0 Å². The third-order valence-electron chi connectivity index (χ3n) is 4.46. The maximum Gasteiger partial charge on any atom is 0.233 e. The molecule has 4 rings (SSSR count). The van der Waals surface area contributed by atoms with Crippen molar-refractivity contribution in [1.82, 2.24) is 29.9 Å². The number of carbonyl (C=O) groups is 1. The second-order valence-electron chi connectivity index (χ2n) is 6.35. The Kier molecular flexibility index (Phi) is 5.81. The first-order valence-corrected chi connectivity index (χ1v) is 10.1. The molecular formula is C19H20N6O2S. The first-order valence-electron chi connectivity index (χ1n) is 9.09. The van der Waals surface area contributed by atoms with Crippen molar-refractivity contribution in [2.24, 2.45) is 0 Å². The largest absolute Gasteiger partial charge is 0.473 e. The highest BCUT2D eigenvalue weighted by Gasteiger charge is 2.24. The standard InChI is InChI=1S/C19H20N6O2S/c26-19(14-28-16-4-9-20-10-5-16)24-12-6-15(7-13-24)27-18-3-2-17(22-23-18)25-11-1-8-21-25/h1-5,8-11,15H,6-7,12-14H2. The van der Waals surface area contributed by atoms with Crippen molar-refractivity contribution in [3.8, 4) is 11.7 Å². The number of nitrogens with zero attached hydrogens (tertiary/aromatic N) is 6. The number of amides is 1. The zero-order valence-electron chi connectivity index (χ0n) is 15.2. The molecule has 0 N–H and O–H groups in total. The number of carbonyl (C=O) groups excluding carboxylic acids is 1. The highest BCUT2D eigenvalue weighted by Crippen LogP contribution is 2.20. The fraction of sp³-hybridized carbons (Fsp3) is 0.316. The molecule has 0 unspecified atom stereocenters. The Morgan fingerprint density at radius 3 is 2.61 bits per heavy atom. The number of hydrogen-bond acceptors (Lipinski definition) is 7. The first kappa shape index (κ1) is 18.4. The van der Waals surface area contributed by atoms with E-state index >= 15 is 0 Å². The Morgan fingerprint density at radius 1 is 1.11 bits per heavy atom. The van der Waals surface area contributed by atoms with Crippen LogP contribution in [0.15, 0.2) is 60.0 Å². The van der Waals surface area contributed by atoms with Crippen LogP contribution in [0.1, 0.15) is 12.8 Å². The van der Waals surface area contributed by atoms with Crippen molar-refractivity contribution in [3.05, 3.63) is 55.1 Å². The summed E-state index contributed by atoms with van der Waals surface area (Å²) in [6.45, 7) is 1.39. The van der Waals surface area contributed by atoms with E-state index in [9.17, 15) is 4.79 Å². The monoisotopic (exact) mass is 396 g/mol. The number of thioether (sulfide) groups is 1. The van der Waals surface area contributed by atoms with Gasteiger partial charge in [0.05, 0.1) is 5.75 Å². The average molecular weight is 396 g/mol. The highest BCUT2D eigenvalue weighted by molar-refractivity contribution is 8.00. The molecule has 1 aliphatic heterocycles. The van der Waals surface area contributed by atoms with Gasteiger partial charge in [-0.05, 0) is 24.3 Å². The number of aromatic nitrogens is 5. The van der Waals surface area contributed by atoms with Gasteiger partial charge in [-0.1, -0.05) is 0 Å². The van der Waals surface area contributed by atoms with Gasteiger partial charge in [-0.25, -0.2) is 4.68 Å². The molecule has 0 saturated carbocycles. The van der Waals surface area contributed by atoms with Crippen molar-refractivity contribution in [2.75, 3.05) is 18.8 Å². The molecule has 3 aromatic heterocycles. The van der Waals surface area contributed by atoms with Crippen LogP contribution in [0.2, 0.25) is 0 Å². The molecule has 1 saturated heterocycles. The molecular weight excluding hydrogens is 376 g/mol. The van der Waals surface area contributed by atoms with Gasteiger partial charge in [-0.3, -0.25) is 9.78 Å². The van der Waals surface area contributed by atoms with Crippen LogP contribution >= 0.6 is 11.8 Å². The van der Waals surface area contributed by atoms with E-state index < -0.39 is 0 Å². The summed E-state index contributed by atoms with van der Waals surface area (Å²) in [5.41, 5.74) is 0. The maximum absolute atomic E-state index is 12.4. The molecule has 0 radical (unpaired) electrons. The van der Waals surface area contributed by atoms with Gasteiger partial charge < -0.3 is 9.64 Å². The van der Waals surface area contributed by atoms with E-state index in [-0.39, 0.29) is 12.0 Å². The minimum absolute atomic E-state index is 0.0433. The molecule has 1 fully saturated rings. The Bertz CT molecular complexity index is 881. The molecule has 1 aliphatic rings. The Hall–Kier alpha value is -2.94. The molecule has 0 bridgehead atoms. The van der Waals surface area contributed by atoms with Crippen molar-refractivity contribution >= 4 is 17.7 Å². The number of pyridine rings is 1. The van der Waals surface area contributed by atoms with Crippen LogP contribution < -0.4 is 4.74 Å². The van der Waals surface area contributed by atoms with E-state index in [0.29, 0.717) is 30.5 Å². The normalized spacial score (nSPS) is 14.8. The van der Waals surface area contributed by atoms with Crippen LogP contribution in [0.3, 0.4) is 0 Å². The lowest BCUT2D eigenvalue weighted by atomic mass is 10.1. The minimum atomic E-state index is 0.0433. The van der Waals surface area contributed by atoms with Gasteiger partial charge in [-0.15, -0.1) is 22.0 Å². The zero-order chi connectivity index (χ0) is 19.2. The molecule has 144 valence electrons. The Balaban J connectivity index is 1.23. The second kappa shape index (κ2) is 8.83. The number of rotatable bonds is 6. The van der Waals surface area contributed by atoms with Crippen LogP contribution in [0.4, 0.5) is 0 Å². The lowest BCUT2D eigenvalue weighted by molar-refractivity contribution is -0.130. The van der Waals surface area contributed by atoms with E-state index in [1.807, 2.05) is 35.4 Å². The summed E-state index contributed by atoms with van der Waals surface area (Å²) in [5, 5.41) is 12.4. The minimum Gasteiger partial charge on any atom is -0.473 e. The molecule has 1 amide bonds. The predicted molar refractivity (Wildman–Crippen MR) is 104 cm³/mol. The lowest BCUT2D eigenvalue weighted by Crippen LogP contribution is -2.42. The number of hydrogen-bond donors (Lipinski definition) is 0. The molecule has 0 spiro atoms. The molecule has 8 nitrogen and oxygen atoms in total. The van der Waals surface area contributed by atoms with Gasteiger partial charge in [0.15, 0.2) is 5.82 Å². The number of piperidine rings is 1. The fourth-order valence-electron chi connectivity index (χ4n) is 2.97. The van der Waals surface area contributed by atoms with E-state index in [0.717, 1.165) is 17.7 Å². The van der Waals surface area contributed by atoms with Gasteiger partial charge in [0, 0.05) is 61.7 Å². The highest BCUT2D eigenvalue weighted by atomic mass is 32.2. The van der Waals surface area contributed by atoms with E-state index in [1.54, 1.807) is 29.3 Å². The van der Waals surface area contributed by atoms with Crippen molar-refractivity contribution in [3.63, 3.8) is 0 Å². The Morgan fingerprint density at radius 2 is 1.93 bits per heavy atom. The maximum atomic E-state index is 12.4. The molecule has 4 heterocycles. The summed E-state index contributed by atoms with van der Waals surface area (Å²) >= 11 is 1.54. The smallest absolute Gasteiger partial charge is 0.233 e. The summed E-state index contributed by atoms with van der Waals surface area (Å²) in [4.78, 5) is 19.3.